The Morgan fingerprint density at radius 1 is 1.33 bits per heavy atom. The SMILES string of the molecule is O=C(NC1CCN(C(=O)CCCCl)CC1)c1ccc2nc[nH]c2c1. The third-order valence-corrected chi connectivity index (χ3v) is 4.66. The number of amides is 2. The van der Waals surface area contributed by atoms with Gasteiger partial charge in [0.2, 0.25) is 5.91 Å². The van der Waals surface area contributed by atoms with E-state index < -0.39 is 0 Å². The van der Waals surface area contributed by atoms with Crippen molar-refractivity contribution in [1.82, 2.24) is 20.2 Å². The largest absolute Gasteiger partial charge is 0.349 e. The van der Waals surface area contributed by atoms with Crippen molar-refractivity contribution in [3.05, 3.63) is 30.1 Å². The lowest BCUT2D eigenvalue weighted by molar-refractivity contribution is -0.132. The van der Waals surface area contributed by atoms with Crippen molar-refractivity contribution in [1.29, 1.82) is 0 Å². The summed E-state index contributed by atoms with van der Waals surface area (Å²) >= 11 is 5.63. The number of hydrogen-bond donors (Lipinski definition) is 2. The molecule has 1 aliphatic rings. The molecule has 0 atom stereocenters. The van der Waals surface area contributed by atoms with E-state index in [2.05, 4.69) is 15.3 Å². The van der Waals surface area contributed by atoms with Gasteiger partial charge in [0.25, 0.3) is 5.91 Å². The van der Waals surface area contributed by atoms with Gasteiger partial charge in [-0.25, -0.2) is 4.98 Å². The number of imidazole rings is 1. The molecule has 7 heteroatoms. The zero-order chi connectivity index (χ0) is 16.9. The van der Waals surface area contributed by atoms with E-state index in [4.69, 9.17) is 11.6 Å². The number of nitrogens with one attached hydrogen (secondary N) is 2. The molecule has 1 aromatic heterocycles. The summed E-state index contributed by atoms with van der Waals surface area (Å²) in [7, 11) is 0. The Morgan fingerprint density at radius 3 is 2.88 bits per heavy atom. The number of aromatic amines is 1. The van der Waals surface area contributed by atoms with Crippen molar-refractivity contribution in [3.63, 3.8) is 0 Å². The van der Waals surface area contributed by atoms with Gasteiger partial charge in [-0.3, -0.25) is 9.59 Å². The van der Waals surface area contributed by atoms with E-state index >= 15 is 0 Å². The average Bonchev–Trinajstić information content (AvgIpc) is 3.08. The minimum Gasteiger partial charge on any atom is -0.349 e. The molecule has 0 radical (unpaired) electrons. The number of carbonyl (C=O) groups excluding carboxylic acids is 2. The highest BCUT2D eigenvalue weighted by atomic mass is 35.5. The maximum atomic E-state index is 12.4. The highest BCUT2D eigenvalue weighted by Crippen LogP contribution is 2.15. The van der Waals surface area contributed by atoms with Gasteiger partial charge < -0.3 is 15.2 Å². The van der Waals surface area contributed by atoms with E-state index in [9.17, 15) is 9.59 Å². The number of H-pyrrole nitrogens is 1. The molecule has 0 aliphatic carbocycles. The van der Waals surface area contributed by atoms with Crippen LogP contribution in [0.2, 0.25) is 0 Å². The molecule has 0 unspecified atom stereocenters. The molecule has 2 amide bonds. The lowest BCUT2D eigenvalue weighted by atomic mass is 10.0. The van der Waals surface area contributed by atoms with Gasteiger partial charge in [0.15, 0.2) is 0 Å². The van der Waals surface area contributed by atoms with Crippen LogP contribution in [0.25, 0.3) is 11.0 Å². The second kappa shape index (κ2) is 7.66. The minimum absolute atomic E-state index is 0.0848. The van der Waals surface area contributed by atoms with Crippen LogP contribution in [0.5, 0.6) is 0 Å². The van der Waals surface area contributed by atoms with Gasteiger partial charge in [-0.1, -0.05) is 0 Å². The summed E-state index contributed by atoms with van der Waals surface area (Å²) in [5.41, 5.74) is 2.31. The summed E-state index contributed by atoms with van der Waals surface area (Å²) in [5, 5.41) is 3.06. The molecule has 6 nitrogen and oxygen atoms in total. The smallest absolute Gasteiger partial charge is 0.251 e. The van der Waals surface area contributed by atoms with Gasteiger partial charge >= 0.3 is 0 Å². The Bertz CT molecular complexity index is 722. The first kappa shape index (κ1) is 16.8. The lowest BCUT2D eigenvalue weighted by Gasteiger charge is -2.32. The highest BCUT2D eigenvalue weighted by Gasteiger charge is 2.23. The van der Waals surface area contributed by atoms with Crippen LogP contribution in [-0.2, 0) is 4.79 Å². The Balaban J connectivity index is 1.52. The standard InChI is InChI=1S/C17H21ClN4O2/c18-7-1-2-16(23)22-8-5-13(6-9-22)21-17(24)12-3-4-14-15(10-12)20-11-19-14/h3-4,10-11,13H,1-2,5-9H2,(H,19,20)(H,21,24). The molecule has 1 fully saturated rings. The summed E-state index contributed by atoms with van der Waals surface area (Å²) in [6.07, 6.45) is 4.40. The Kier molecular flexibility index (Phi) is 5.35. The quantitative estimate of drug-likeness (QED) is 0.814. The van der Waals surface area contributed by atoms with Crippen molar-refractivity contribution >= 4 is 34.4 Å². The van der Waals surface area contributed by atoms with Crippen molar-refractivity contribution in [2.24, 2.45) is 0 Å². The van der Waals surface area contributed by atoms with Crippen molar-refractivity contribution in [2.45, 2.75) is 31.7 Å². The molecule has 1 aromatic carbocycles. The summed E-state index contributed by atoms with van der Waals surface area (Å²) in [6, 6.07) is 5.53. The fourth-order valence-electron chi connectivity index (χ4n) is 2.99. The molecule has 2 N–H and O–H groups in total. The third-order valence-electron chi connectivity index (χ3n) is 4.39. The molecule has 1 aliphatic heterocycles. The fourth-order valence-corrected chi connectivity index (χ4v) is 3.13. The number of fused-ring (bicyclic) bond motifs is 1. The van der Waals surface area contributed by atoms with Gasteiger partial charge in [-0.2, -0.15) is 0 Å². The summed E-state index contributed by atoms with van der Waals surface area (Å²) < 4.78 is 0. The van der Waals surface area contributed by atoms with E-state index in [1.165, 1.54) is 0 Å². The molecule has 0 saturated carbocycles. The van der Waals surface area contributed by atoms with Crippen LogP contribution in [0.3, 0.4) is 0 Å². The van der Waals surface area contributed by atoms with Gasteiger partial charge in [0.05, 0.1) is 17.4 Å². The number of piperidine rings is 1. The number of carbonyl (C=O) groups is 2. The molecule has 0 bridgehead atoms. The molecule has 24 heavy (non-hydrogen) atoms. The predicted molar refractivity (Wildman–Crippen MR) is 93.1 cm³/mol. The normalized spacial score (nSPS) is 15.6. The van der Waals surface area contributed by atoms with Gasteiger partial charge in [0, 0.05) is 37.0 Å². The number of nitrogens with zero attached hydrogens (tertiary/aromatic N) is 2. The molecule has 2 heterocycles. The number of likely N-dealkylation sites (tertiary alicyclic amines) is 1. The van der Waals surface area contributed by atoms with Crippen LogP contribution in [0.4, 0.5) is 0 Å². The van der Waals surface area contributed by atoms with Crippen molar-refractivity contribution in [3.8, 4) is 0 Å². The van der Waals surface area contributed by atoms with E-state index in [-0.39, 0.29) is 17.9 Å². The zero-order valence-corrected chi connectivity index (χ0v) is 14.2. The highest BCUT2D eigenvalue weighted by molar-refractivity contribution is 6.17. The number of benzene rings is 1. The van der Waals surface area contributed by atoms with Gasteiger partial charge in [0.1, 0.15) is 0 Å². The van der Waals surface area contributed by atoms with E-state index in [0.717, 1.165) is 23.9 Å². The Hall–Kier alpha value is -2.08. The first-order valence-corrected chi connectivity index (χ1v) is 8.78. The van der Waals surface area contributed by atoms with Gasteiger partial charge in [-0.05, 0) is 37.5 Å². The van der Waals surface area contributed by atoms with Crippen molar-refractivity contribution in [2.75, 3.05) is 19.0 Å². The number of alkyl halides is 1. The second-order valence-corrected chi connectivity index (χ2v) is 6.43. The van der Waals surface area contributed by atoms with Crippen LogP contribution in [-0.4, -0.2) is 51.7 Å². The molecular weight excluding hydrogens is 328 g/mol. The van der Waals surface area contributed by atoms with Crippen LogP contribution in [0.15, 0.2) is 24.5 Å². The maximum absolute atomic E-state index is 12.4. The molecule has 2 aromatic rings. The van der Waals surface area contributed by atoms with E-state index in [1.807, 2.05) is 17.0 Å². The Morgan fingerprint density at radius 2 is 2.12 bits per heavy atom. The molecule has 128 valence electrons. The summed E-state index contributed by atoms with van der Waals surface area (Å²) in [6.45, 7) is 1.37. The number of aromatic nitrogens is 2. The average molecular weight is 349 g/mol. The monoisotopic (exact) mass is 348 g/mol. The third kappa shape index (κ3) is 3.87. The second-order valence-electron chi connectivity index (χ2n) is 6.06. The van der Waals surface area contributed by atoms with E-state index in [1.54, 1.807) is 12.4 Å². The molecule has 3 rings (SSSR count). The van der Waals surface area contributed by atoms with Crippen LogP contribution >= 0.6 is 11.6 Å². The van der Waals surface area contributed by atoms with Gasteiger partial charge in [-0.15, -0.1) is 11.6 Å². The van der Waals surface area contributed by atoms with Crippen molar-refractivity contribution < 1.29 is 9.59 Å². The number of hydrogen-bond acceptors (Lipinski definition) is 3. The first-order chi connectivity index (χ1) is 11.7. The minimum atomic E-state index is -0.0848. The fraction of sp³-hybridized carbons (Fsp3) is 0.471. The van der Waals surface area contributed by atoms with Crippen LogP contribution in [0, 0.1) is 0 Å². The lowest BCUT2D eigenvalue weighted by Crippen LogP contribution is -2.46. The van der Waals surface area contributed by atoms with E-state index in [0.29, 0.717) is 37.4 Å². The molecule has 0 spiro atoms. The first-order valence-electron chi connectivity index (χ1n) is 8.25. The molecule has 1 saturated heterocycles. The number of halogens is 1. The van der Waals surface area contributed by atoms with Crippen LogP contribution in [0.1, 0.15) is 36.0 Å². The predicted octanol–water partition coefficient (Wildman–Crippen LogP) is 2.30. The summed E-state index contributed by atoms with van der Waals surface area (Å²) in [4.78, 5) is 33.4. The topological polar surface area (TPSA) is 78.1 Å². The van der Waals surface area contributed by atoms with Crippen LogP contribution < -0.4 is 5.32 Å². The summed E-state index contributed by atoms with van der Waals surface area (Å²) in [5.74, 6) is 0.586. The zero-order valence-electron chi connectivity index (χ0n) is 13.4. The maximum Gasteiger partial charge on any atom is 0.251 e. The Labute approximate surface area is 145 Å². The number of rotatable bonds is 5. The molecular formula is C17H21ClN4O2.